The molecular formula is C18H36N2O. The van der Waals surface area contributed by atoms with E-state index in [1.54, 1.807) is 0 Å². The van der Waals surface area contributed by atoms with Gasteiger partial charge in [0.1, 0.15) is 0 Å². The standard InChI is InChI=1S/C18H36N2O/c1-5-17(2,3)15-6-10-18(14-19,11-7-15)20-12-8-16(21-4)9-13-20/h15-16H,5-14,19H2,1-4H3. The van der Waals surface area contributed by atoms with E-state index in [1.807, 2.05) is 7.11 Å². The summed E-state index contributed by atoms with van der Waals surface area (Å²) in [6.07, 6.45) is 9.36. The lowest BCUT2D eigenvalue weighted by atomic mass is 9.65. The summed E-state index contributed by atoms with van der Waals surface area (Å²) in [6, 6.07) is 0. The molecule has 21 heavy (non-hydrogen) atoms. The molecule has 1 heterocycles. The van der Waals surface area contributed by atoms with Crippen LogP contribution in [0, 0.1) is 11.3 Å². The van der Waals surface area contributed by atoms with Crippen molar-refractivity contribution in [3.8, 4) is 0 Å². The molecule has 1 aliphatic heterocycles. The molecule has 0 bridgehead atoms. The molecule has 0 aromatic heterocycles. The molecule has 1 saturated heterocycles. The van der Waals surface area contributed by atoms with Crippen molar-refractivity contribution in [3.63, 3.8) is 0 Å². The maximum atomic E-state index is 6.25. The molecule has 0 aromatic carbocycles. The van der Waals surface area contributed by atoms with Crippen LogP contribution in [0.5, 0.6) is 0 Å². The molecule has 2 rings (SSSR count). The van der Waals surface area contributed by atoms with Crippen LogP contribution in [0.2, 0.25) is 0 Å². The Morgan fingerprint density at radius 1 is 1.14 bits per heavy atom. The number of piperidine rings is 1. The van der Waals surface area contributed by atoms with Gasteiger partial charge in [-0.2, -0.15) is 0 Å². The van der Waals surface area contributed by atoms with Gasteiger partial charge in [0.05, 0.1) is 6.10 Å². The quantitative estimate of drug-likeness (QED) is 0.845. The lowest BCUT2D eigenvalue weighted by Gasteiger charge is -2.52. The predicted molar refractivity (Wildman–Crippen MR) is 89.4 cm³/mol. The third kappa shape index (κ3) is 3.62. The summed E-state index contributed by atoms with van der Waals surface area (Å²) in [7, 11) is 1.84. The highest BCUT2D eigenvalue weighted by atomic mass is 16.5. The van der Waals surface area contributed by atoms with E-state index < -0.39 is 0 Å². The van der Waals surface area contributed by atoms with Crippen LogP contribution >= 0.6 is 0 Å². The number of hydrogen-bond donors (Lipinski definition) is 1. The molecule has 1 aliphatic carbocycles. The summed E-state index contributed by atoms with van der Waals surface area (Å²) in [5.41, 5.74) is 7.02. The number of likely N-dealkylation sites (tertiary alicyclic amines) is 1. The van der Waals surface area contributed by atoms with Gasteiger partial charge in [-0.25, -0.2) is 0 Å². The fourth-order valence-corrected chi connectivity index (χ4v) is 4.44. The molecule has 2 N–H and O–H groups in total. The van der Waals surface area contributed by atoms with E-state index in [9.17, 15) is 0 Å². The molecule has 1 saturated carbocycles. The van der Waals surface area contributed by atoms with Gasteiger partial charge in [0.2, 0.25) is 0 Å². The Labute approximate surface area is 131 Å². The molecule has 0 aromatic rings. The third-order valence-electron chi connectivity index (χ3n) is 6.76. The number of nitrogens with two attached hydrogens (primary N) is 1. The van der Waals surface area contributed by atoms with Crippen LogP contribution in [0.25, 0.3) is 0 Å². The van der Waals surface area contributed by atoms with Gasteiger partial charge in [-0.3, -0.25) is 4.90 Å². The zero-order valence-electron chi connectivity index (χ0n) is 14.7. The van der Waals surface area contributed by atoms with Crippen LogP contribution in [-0.2, 0) is 4.74 Å². The van der Waals surface area contributed by atoms with E-state index in [-0.39, 0.29) is 5.54 Å². The minimum atomic E-state index is 0.277. The minimum Gasteiger partial charge on any atom is -0.381 e. The first-order valence-corrected chi connectivity index (χ1v) is 8.95. The van der Waals surface area contributed by atoms with Crippen LogP contribution in [0.4, 0.5) is 0 Å². The van der Waals surface area contributed by atoms with E-state index in [4.69, 9.17) is 10.5 Å². The minimum absolute atomic E-state index is 0.277. The van der Waals surface area contributed by atoms with E-state index >= 15 is 0 Å². The van der Waals surface area contributed by atoms with Gasteiger partial charge in [0.25, 0.3) is 0 Å². The highest BCUT2D eigenvalue weighted by Gasteiger charge is 2.43. The largest absolute Gasteiger partial charge is 0.381 e. The number of ether oxygens (including phenoxy) is 1. The second-order valence-corrected chi connectivity index (χ2v) is 7.97. The first-order valence-electron chi connectivity index (χ1n) is 8.95. The number of hydrogen-bond acceptors (Lipinski definition) is 3. The summed E-state index contributed by atoms with van der Waals surface area (Å²) in [5, 5.41) is 0. The molecule has 3 heteroatoms. The molecular weight excluding hydrogens is 260 g/mol. The highest BCUT2D eigenvalue weighted by Crippen LogP contribution is 2.45. The van der Waals surface area contributed by atoms with Crippen molar-refractivity contribution < 1.29 is 4.74 Å². The molecule has 0 spiro atoms. The average molecular weight is 296 g/mol. The van der Waals surface area contributed by atoms with Crippen molar-refractivity contribution in [2.45, 2.75) is 77.4 Å². The fraction of sp³-hybridized carbons (Fsp3) is 1.00. The summed E-state index contributed by atoms with van der Waals surface area (Å²) in [4.78, 5) is 2.69. The van der Waals surface area contributed by atoms with E-state index in [2.05, 4.69) is 25.7 Å². The molecule has 0 amide bonds. The Morgan fingerprint density at radius 2 is 1.71 bits per heavy atom. The van der Waals surface area contributed by atoms with Crippen LogP contribution in [0.1, 0.15) is 65.7 Å². The van der Waals surface area contributed by atoms with Gasteiger partial charge < -0.3 is 10.5 Å². The monoisotopic (exact) mass is 296 g/mol. The van der Waals surface area contributed by atoms with Crippen LogP contribution in [-0.4, -0.2) is 43.3 Å². The molecule has 0 atom stereocenters. The average Bonchev–Trinajstić information content (AvgIpc) is 2.55. The van der Waals surface area contributed by atoms with Crippen molar-refractivity contribution >= 4 is 0 Å². The number of rotatable bonds is 5. The second kappa shape index (κ2) is 6.97. The Balaban J connectivity index is 1.95. The van der Waals surface area contributed by atoms with Gasteiger partial charge in [0.15, 0.2) is 0 Å². The van der Waals surface area contributed by atoms with Crippen molar-refractivity contribution in [2.24, 2.45) is 17.1 Å². The van der Waals surface area contributed by atoms with Crippen molar-refractivity contribution in [1.29, 1.82) is 0 Å². The Morgan fingerprint density at radius 3 is 2.14 bits per heavy atom. The van der Waals surface area contributed by atoms with Crippen molar-refractivity contribution in [1.82, 2.24) is 4.90 Å². The van der Waals surface area contributed by atoms with E-state index in [0.717, 1.165) is 25.6 Å². The van der Waals surface area contributed by atoms with Gasteiger partial charge in [-0.1, -0.05) is 27.2 Å². The molecule has 0 radical (unpaired) electrons. The summed E-state index contributed by atoms with van der Waals surface area (Å²) in [5.74, 6) is 0.874. The third-order valence-corrected chi connectivity index (χ3v) is 6.76. The zero-order valence-corrected chi connectivity index (χ0v) is 14.7. The summed E-state index contributed by atoms with van der Waals surface area (Å²) >= 11 is 0. The topological polar surface area (TPSA) is 38.5 Å². The molecule has 0 unspecified atom stereocenters. The summed E-state index contributed by atoms with van der Waals surface area (Å²) < 4.78 is 5.51. The number of nitrogens with zero attached hydrogens (tertiary/aromatic N) is 1. The Hall–Kier alpha value is -0.120. The summed E-state index contributed by atoms with van der Waals surface area (Å²) in [6.45, 7) is 10.4. The maximum absolute atomic E-state index is 6.25. The van der Waals surface area contributed by atoms with Gasteiger partial charge in [-0.05, 0) is 49.9 Å². The smallest absolute Gasteiger partial charge is 0.0595 e. The first kappa shape index (κ1) is 17.2. The molecule has 2 fully saturated rings. The zero-order chi connectivity index (χ0) is 15.5. The van der Waals surface area contributed by atoms with Crippen LogP contribution < -0.4 is 5.73 Å². The van der Waals surface area contributed by atoms with Crippen LogP contribution in [0.15, 0.2) is 0 Å². The lowest BCUT2D eigenvalue weighted by Crippen LogP contribution is -2.59. The maximum Gasteiger partial charge on any atom is 0.0595 e. The van der Waals surface area contributed by atoms with Gasteiger partial charge >= 0.3 is 0 Å². The van der Waals surface area contributed by atoms with E-state index in [0.29, 0.717) is 11.5 Å². The van der Waals surface area contributed by atoms with E-state index in [1.165, 1.54) is 44.9 Å². The van der Waals surface area contributed by atoms with Crippen LogP contribution in [0.3, 0.4) is 0 Å². The van der Waals surface area contributed by atoms with Crippen molar-refractivity contribution in [3.05, 3.63) is 0 Å². The molecule has 124 valence electrons. The molecule has 2 aliphatic rings. The SMILES string of the molecule is CCC(C)(C)C1CCC(CN)(N2CCC(OC)CC2)CC1. The first-order chi connectivity index (χ1) is 9.97. The second-order valence-electron chi connectivity index (χ2n) is 7.97. The van der Waals surface area contributed by atoms with Gasteiger partial charge in [0, 0.05) is 32.3 Å². The predicted octanol–water partition coefficient (Wildman–Crippen LogP) is 3.42. The lowest BCUT2D eigenvalue weighted by molar-refractivity contribution is -0.0306. The van der Waals surface area contributed by atoms with Crippen molar-refractivity contribution in [2.75, 3.05) is 26.7 Å². The Kier molecular flexibility index (Phi) is 5.72. The van der Waals surface area contributed by atoms with Gasteiger partial charge in [-0.15, -0.1) is 0 Å². The Bertz CT molecular complexity index is 313. The molecule has 3 nitrogen and oxygen atoms in total. The fourth-order valence-electron chi connectivity index (χ4n) is 4.44. The normalized spacial score (nSPS) is 33.3. The number of methoxy groups -OCH3 is 1. The highest BCUT2D eigenvalue weighted by molar-refractivity contribution is 4.99.